The number of aliphatic hydroxyl groups is 6. The highest BCUT2D eigenvalue weighted by molar-refractivity contribution is 4.82. The van der Waals surface area contributed by atoms with Crippen LogP contribution in [0.15, 0.2) is 0 Å². The number of rotatable bonds is 5. The van der Waals surface area contributed by atoms with E-state index in [1.165, 1.54) is 0 Å². The van der Waals surface area contributed by atoms with Crippen molar-refractivity contribution >= 4 is 0 Å². The van der Waals surface area contributed by atoms with Gasteiger partial charge in [-0.05, 0) is 0 Å². The number of nitrogens with two attached hydrogens (primary N) is 1. The predicted octanol–water partition coefficient (Wildman–Crippen LogP) is -4.30. The lowest BCUT2D eigenvalue weighted by atomic mass is 10.0. The summed E-state index contributed by atoms with van der Waals surface area (Å²) in [6, 6.07) is 0. The fraction of sp³-hybridized carbons (Fsp3) is 1.00. The van der Waals surface area contributed by atoms with E-state index in [1.807, 2.05) is 0 Å². The fourth-order valence-corrected chi connectivity index (χ4v) is 0.740. The van der Waals surface area contributed by atoms with E-state index in [1.54, 1.807) is 0 Å². The second-order valence-corrected chi connectivity index (χ2v) is 2.71. The van der Waals surface area contributed by atoms with Gasteiger partial charge in [0, 0.05) is 0 Å². The summed E-state index contributed by atoms with van der Waals surface area (Å²) in [5.74, 6) is 0. The van der Waals surface area contributed by atoms with Crippen molar-refractivity contribution in [3.63, 3.8) is 0 Å². The van der Waals surface area contributed by atoms with Crippen molar-refractivity contribution in [2.24, 2.45) is 5.73 Å². The summed E-state index contributed by atoms with van der Waals surface area (Å²) < 4.78 is 0. The third kappa shape index (κ3) is 3.53. The Morgan fingerprint density at radius 1 is 0.846 bits per heavy atom. The highest BCUT2D eigenvalue weighted by atomic mass is 16.4. The molecule has 7 nitrogen and oxygen atoms in total. The molecular weight excluding hydrogens is 182 g/mol. The van der Waals surface area contributed by atoms with Gasteiger partial charge in [-0.3, -0.25) is 0 Å². The van der Waals surface area contributed by atoms with Crippen molar-refractivity contribution in [2.75, 3.05) is 6.61 Å². The first-order valence-electron chi connectivity index (χ1n) is 3.68. The lowest BCUT2D eigenvalue weighted by Gasteiger charge is -2.26. The van der Waals surface area contributed by atoms with Gasteiger partial charge in [0.15, 0.2) is 0 Å². The normalized spacial score (nSPS) is 23.3. The maximum Gasteiger partial charge on any atom is 0.131 e. The van der Waals surface area contributed by atoms with Crippen molar-refractivity contribution in [3.8, 4) is 0 Å². The Hall–Kier alpha value is -0.280. The number of aliphatic hydroxyl groups excluding tert-OH is 6. The molecule has 0 spiro atoms. The van der Waals surface area contributed by atoms with E-state index in [4.69, 9.17) is 36.4 Å². The van der Waals surface area contributed by atoms with Crippen LogP contribution in [0.4, 0.5) is 0 Å². The minimum absolute atomic E-state index is 0.772. The van der Waals surface area contributed by atoms with Gasteiger partial charge in [-0.2, -0.15) is 0 Å². The molecule has 80 valence electrons. The molecule has 0 radical (unpaired) electrons. The van der Waals surface area contributed by atoms with Crippen LogP contribution in [0.2, 0.25) is 0 Å². The van der Waals surface area contributed by atoms with E-state index in [2.05, 4.69) is 0 Å². The smallest absolute Gasteiger partial charge is 0.131 e. The fourth-order valence-electron chi connectivity index (χ4n) is 0.740. The summed E-state index contributed by atoms with van der Waals surface area (Å²) in [4.78, 5) is 0. The Morgan fingerprint density at radius 3 is 1.62 bits per heavy atom. The number of hydrogen-bond donors (Lipinski definition) is 7. The van der Waals surface area contributed by atoms with Gasteiger partial charge in [0.25, 0.3) is 0 Å². The third-order valence-electron chi connectivity index (χ3n) is 1.63. The topological polar surface area (TPSA) is 147 Å². The maximum absolute atomic E-state index is 9.05. The minimum Gasteiger partial charge on any atom is -0.394 e. The average Bonchev–Trinajstić information content (AvgIpc) is 2.12. The molecule has 13 heavy (non-hydrogen) atoms. The molecule has 0 rings (SSSR count). The zero-order chi connectivity index (χ0) is 10.6. The monoisotopic (exact) mass is 197 g/mol. The molecule has 0 aliphatic carbocycles. The Kier molecular flexibility index (Phi) is 5.33. The lowest BCUT2D eigenvalue weighted by molar-refractivity contribution is -0.139. The lowest BCUT2D eigenvalue weighted by Crippen LogP contribution is -2.52. The Labute approximate surface area is 74.7 Å². The van der Waals surface area contributed by atoms with Gasteiger partial charge in [0.2, 0.25) is 0 Å². The summed E-state index contributed by atoms with van der Waals surface area (Å²) >= 11 is 0. The van der Waals surface area contributed by atoms with E-state index in [0.717, 1.165) is 0 Å². The summed E-state index contributed by atoms with van der Waals surface area (Å²) in [7, 11) is 0. The Balaban J connectivity index is 4.15. The van der Waals surface area contributed by atoms with Crippen molar-refractivity contribution in [3.05, 3.63) is 0 Å². The zero-order valence-electron chi connectivity index (χ0n) is 6.85. The molecule has 8 N–H and O–H groups in total. The molecular formula is C6H15NO6. The molecule has 0 aromatic carbocycles. The quantitative estimate of drug-likeness (QED) is 0.220. The Morgan fingerprint density at radius 2 is 1.31 bits per heavy atom. The second-order valence-electron chi connectivity index (χ2n) is 2.71. The van der Waals surface area contributed by atoms with Crippen molar-refractivity contribution in [2.45, 2.75) is 30.6 Å². The first-order chi connectivity index (χ1) is 5.91. The first-order valence-corrected chi connectivity index (χ1v) is 3.68. The van der Waals surface area contributed by atoms with Gasteiger partial charge in [-0.15, -0.1) is 0 Å². The average molecular weight is 197 g/mol. The van der Waals surface area contributed by atoms with Gasteiger partial charge in [-0.1, -0.05) is 0 Å². The molecule has 5 atom stereocenters. The van der Waals surface area contributed by atoms with Crippen molar-refractivity contribution < 1.29 is 30.6 Å². The van der Waals surface area contributed by atoms with E-state index in [0.29, 0.717) is 0 Å². The van der Waals surface area contributed by atoms with Gasteiger partial charge in [-0.25, -0.2) is 0 Å². The first kappa shape index (κ1) is 12.7. The molecule has 0 aliphatic rings. The van der Waals surface area contributed by atoms with Crippen LogP contribution >= 0.6 is 0 Å². The Bertz CT molecular complexity index is 143. The molecule has 1 unspecified atom stereocenters. The van der Waals surface area contributed by atoms with E-state index >= 15 is 0 Å². The molecule has 0 bridgehead atoms. The second kappa shape index (κ2) is 5.45. The molecule has 0 saturated heterocycles. The summed E-state index contributed by atoms with van der Waals surface area (Å²) in [5, 5.41) is 52.8. The summed E-state index contributed by atoms with van der Waals surface area (Å²) in [6.45, 7) is -0.772. The molecule has 7 heteroatoms. The van der Waals surface area contributed by atoms with Crippen LogP contribution in [0.1, 0.15) is 0 Å². The van der Waals surface area contributed by atoms with Crippen LogP contribution in [0.25, 0.3) is 0 Å². The van der Waals surface area contributed by atoms with Crippen LogP contribution < -0.4 is 5.73 Å². The van der Waals surface area contributed by atoms with Crippen LogP contribution in [-0.2, 0) is 0 Å². The van der Waals surface area contributed by atoms with E-state index < -0.39 is 37.3 Å². The molecule has 0 aromatic heterocycles. The van der Waals surface area contributed by atoms with E-state index in [-0.39, 0.29) is 0 Å². The van der Waals surface area contributed by atoms with Crippen LogP contribution in [0.3, 0.4) is 0 Å². The van der Waals surface area contributed by atoms with Gasteiger partial charge < -0.3 is 36.4 Å². The molecule has 0 heterocycles. The van der Waals surface area contributed by atoms with Crippen LogP contribution in [0, 0.1) is 0 Å². The standard InChI is InChI=1S/C6H15NO6/c7-6(13)5(12)4(11)3(10)2(9)1-8/h2-6,8-13H,1,7H2/t2-,3+,4+,5-,6?/m1/s1. The molecule has 0 saturated carbocycles. The molecule has 0 amide bonds. The maximum atomic E-state index is 9.05. The molecule has 0 aliphatic heterocycles. The number of hydrogen-bond acceptors (Lipinski definition) is 7. The van der Waals surface area contributed by atoms with Gasteiger partial charge in [0.1, 0.15) is 30.6 Å². The largest absolute Gasteiger partial charge is 0.394 e. The van der Waals surface area contributed by atoms with Crippen LogP contribution in [0.5, 0.6) is 0 Å². The predicted molar refractivity (Wildman–Crippen MR) is 41.3 cm³/mol. The van der Waals surface area contributed by atoms with Gasteiger partial charge >= 0.3 is 0 Å². The van der Waals surface area contributed by atoms with Gasteiger partial charge in [0.05, 0.1) is 6.61 Å². The van der Waals surface area contributed by atoms with E-state index in [9.17, 15) is 0 Å². The highest BCUT2D eigenvalue weighted by Crippen LogP contribution is 2.05. The SMILES string of the molecule is NC(O)[C@H](O)[C@@H](O)[C@@H](O)[C@H](O)CO. The summed E-state index contributed by atoms with van der Waals surface area (Å²) in [5.41, 5.74) is 4.81. The molecule has 0 fully saturated rings. The van der Waals surface area contributed by atoms with Crippen molar-refractivity contribution in [1.82, 2.24) is 0 Å². The highest BCUT2D eigenvalue weighted by Gasteiger charge is 2.32. The van der Waals surface area contributed by atoms with Crippen molar-refractivity contribution in [1.29, 1.82) is 0 Å². The molecule has 0 aromatic rings. The third-order valence-corrected chi connectivity index (χ3v) is 1.63. The minimum atomic E-state index is -1.82. The van der Waals surface area contributed by atoms with Crippen LogP contribution in [-0.4, -0.2) is 67.9 Å². The summed E-state index contributed by atoms with van der Waals surface area (Å²) in [6.07, 6.45) is -8.68. The zero-order valence-corrected chi connectivity index (χ0v) is 6.85.